The number of nitrogens with two attached hydrogens (primary N) is 1. The zero-order chi connectivity index (χ0) is 13.8. The number of rotatable bonds is 4. The minimum Gasteiger partial charge on any atom is -0.341 e. The Hall–Kier alpha value is -1.66. The van der Waals surface area contributed by atoms with Gasteiger partial charge in [0.15, 0.2) is 0 Å². The lowest BCUT2D eigenvalue weighted by Crippen LogP contribution is -2.33. The molecule has 1 unspecified atom stereocenters. The second kappa shape index (κ2) is 5.99. The monoisotopic (exact) mass is 263 g/mol. The molecule has 1 aliphatic heterocycles. The van der Waals surface area contributed by atoms with Gasteiger partial charge in [-0.2, -0.15) is 0 Å². The van der Waals surface area contributed by atoms with Gasteiger partial charge in [0.05, 0.1) is 17.4 Å². The Morgan fingerprint density at radius 1 is 1.68 bits per heavy atom. The summed E-state index contributed by atoms with van der Waals surface area (Å²) in [6, 6.07) is 1.69. The van der Waals surface area contributed by atoms with Crippen LogP contribution in [0, 0.1) is 5.92 Å². The molecule has 2 heterocycles. The Morgan fingerprint density at radius 3 is 3.11 bits per heavy atom. The number of nitrogens with zero attached hydrogens (tertiary/aromatic N) is 3. The van der Waals surface area contributed by atoms with Gasteiger partial charge in [-0.15, -0.1) is 0 Å². The summed E-state index contributed by atoms with van der Waals surface area (Å²) >= 11 is 0. The largest absolute Gasteiger partial charge is 0.341 e. The number of nitrogen functional groups attached to an aromatic ring is 1. The van der Waals surface area contributed by atoms with Gasteiger partial charge in [-0.05, 0) is 32.0 Å². The molecule has 19 heavy (non-hydrogen) atoms. The van der Waals surface area contributed by atoms with Crippen molar-refractivity contribution in [2.45, 2.75) is 6.42 Å². The lowest BCUT2D eigenvalue weighted by molar-refractivity contribution is 0.0775. The average Bonchev–Trinajstić information content (AvgIpc) is 2.83. The summed E-state index contributed by atoms with van der Waals surface area (Å²) in [6.07, 6.45) is 4.31. The van der Waals surface area contributed by atoms with Crippen LogP contribution in [0.4, 0.5) is 5.69 Å². The summed E-state index contributed by atoms with van der Waals surface area (Å²) in [5.74, 6) is 5.93. The van der Waals surface area contributed by atoms with Crippen molar-refractivity contribution in [3.8, 4) is 0 Å². The Balaban J connectivity index is 2.02. The fourth-order valence-corrected chi connectivity index (χ4v) is 2.55. The normalized spacial score (nSPS) is 19.4. The molecular weight excluding hydrogens is 242 g/mol. The van der Waals surface area contributed by atoms with Gasteiger partial charge in [0.25, 0.3) is 5.91 Å². The van der Waals surface area contributed by atoms with Crippen LogP contribution in [0.3, 0.4) is 0 Å². The molecule has 0 saturated carbocycles. The standard InChI is InChI=1S/C13H21N5O/c1-17-6-4-10(8-17)9-18(2)13(19)11-3-5-15-7-12(11)16-14/h3,5,7,10,16H,4,6,8-9,14H2,1-2H3. The second-order valence-electron chi connectivity index (χ2n) is 5.17. The highest BCUT2D eigenvalue weighted by Crippen LogP contribution is 2.18. The SMILES string of the molecule is CN1CCC(CN(C)C(=O)c2ccncc2NN)C1. The van der Waals surface area contributed by atoms with Crippen LogP contribution in [0.5, 0.6) is 0 Å². The number of anilines is 1. The molecule has 0 aromatic carbocycles. The summed E-state index contributed by atoms with van der Waals surface area (Å²) in [5, 5.41) is 0. The molecule has 1 aromatic heterocycles. The van der Waals surface area contributed by atoms with Crippen molar-refractivity contribution in [3.63, 3.8) is 0 Å². The number of amides is 1. The minimum atomic E-state index is -0.0232. The van der Waals surface area contributed by atoms with Crippen molar-refractivity contribution in [2.75, 3.05) is 39.2 Å². The van der Waals surface area contributed by atoms with E-state index in [4.69, 9.17) is 5.84 Å². The van der Waals surface area contributed by atoms with Crippen molar-refractivity contribution in [1.82, 2.24) is 14.8 Å². The first-order valence-electron chi connectivity index (χ1n) is 6.46. The van der Waals surface area contributed by atoms with E-state index in [1.165, 1.54) is 0 Å². The van der Waals surface area contributed by atoms with Gasteiger partial charge in [0.2, 0.25) is 0 Å². The predicted molar refractivity (Wildman–Crippen MR) is 74.6 cm³/mol. The van der Waals surface area contributed by atoms with Gasteiger partial charge < -0.3 is 15.2 Å². The average molecular weight is 263 g/mol. The van der Waals surface area contributed by atoms with Crippen LogP contribution in [0.2, 0.25) is 0 Å². The third-order valence-electron chi connectivity index (χ3n) is 3.57. The molecule has 0 aliphatic carbocycles. The van der Waals surface area contributed by atoms with Gasteiger partial charge in [-0.25, -0.2) is 0 Å². The maximum atomic E-state index is 12.4. The predicted octanol–water partition coefficient (Wildman–Crippen LogP) is 0.391. The molecule has 1 fully saturated rings. The van der Waals surface area contributed by atoms with Gasteiger partial charge in [0, 0.05) is 26.3 Å². The summed E-state index contributed by atoms with van der Waals surface area (Å²) in [5.41, 5.74) is 3.63. The Labute approximate surface area is 113 Å². The number of pyridine rings is 1. The summed E-state index contributed by atoms with van der Waals surface area (Å²) in [6.45, 7) is 2.93. The van der Waals surface area contributed by atoms with E-state index in [2.05, 4.69) is 22.4 Å². The fraction of sp³-hybridized carbons (Fsp3) is 0.538. The second-order valence-corrected chi connectivity index (χ2v) is 5.17. The summed E-state index contributed by atoms with van der Waals surface area (Å²) in [7, 11) is 3.95. The van der Waals surface area contributed by atoms with Crippen molar-refractivity contribution in [2.24, 2.45) is 11.8 Å². The maximum absolute atomic E-state index is 12.4. The minimum absolute atomic E-state index is 0.0232. The van der Waals surface area contributed by atoms with Crippen LogP contribution in [0.1, 0.15) is 16.8 Å². The zero-order valence-corrected chi connectivity index (χ0v) is 11.5. The number of likely N-dealkylation sites (tertiary alicyclic amines) is 1. The fourth-order valence-electron chi connectivity index (χ4n) is 2.55. The van der Waals surface area contributed by atoms with Gasteiger partial charge in [-0.1, -0.05) is 0 Å². The smallest absolute Gasteiger partial charge is 0.255 e. The molecular formula is C13H21N5O. The molecule has 1 atom stereocenters. The van der Waals surface area contributed by atoms with Crippen molar-refractivity contribution < 1.29 is 4.79 Å². The number of aromatic nitrogens is 1. The molecule has 104 valence electrons. The number of hydrogen-bond donors (Lipinski definition) is 2. The van der Waals surface area contributed by atoms with Crippen LogP contribution < -0.4 is 11.3 Å². The van der Waals surface area contributed by atoms with E-state index in [-0.39, 0.29) is 5.91 Å². The molecule has 3 N–H and O–H groups in total. The number of carbonyl (C=O) groups excluding carboxylic acids is 1. The maximum Gasteiger partial charge on any atom is 0.255 e. The highest BCUT2D eigenvalue weighted by Gasteiger charge is 2.23. The molecule has 0 bridgehead atoms. The lowest BCUT2D eigenvalue weighted by Gasteiger charge is -2.22. The first kappa shape index (κ1) is 13.8. The van der Waals surface area contributed by atoms with Crippen LogP contribution in [-0.2, 0) is 0 Å². The van der Waals surface area contributed by atoms with Crippen LogP contribution >= 0.6 is 0 Å². The summed E-state index contributed by atoms with van der Waals surface area (Å²) in [4.78, 5) is 20.4. The third kappa shape index (κ3) is 3.21. The van der Waals surface area contributed by atoms with Crippen LogP contribution in [-0.4, -0.2) is 54.4 Å². The highest BCUT2D eigenvalue weighted by atomic mass is 16.2. The zero-order valence-electron chi connectivity index (χ0n) is 11.5. The number of carbonyl (C=O) groups is 1. The molecule has 1 amide bonds. The van der Waals surface area contributed by atoms with E-state index in [0.29, 0.717) is 17.2 Å². The molecule has 2 rings (SSSR count). The van der Waals surface area contributed by atoms with Gasteiger partial charge >= 0.3 is 0 Å². The van der Waals surface area contributed by atoms with Crippen LogP contribution in [0.15, 0.2) is 18.5 Å². The third-order valence-corrected chi connectivity index (χ3v) is 3.57. The topological polar surface area (TPSA) is 74.5 Å². The first-order chi connectivity index (χ1) is 9.11. The Morgan fingerprint density at radius 2 is 2.47 bits per heavy atom. The number of hydrogen-bond acceptors (Lipinski definition) is 5. The molecule has 6 nitrogen and oxygen atoms in total. The van der Waals surface area contributed by atoms with E-state index in [9.17, 15) is 4.79 Å². The quantitative estimate of drug-likeness (QED) is 0.607. The van der Waals surface area contributed by atoms with Crippen molar-refractivity contribution in [1.29, 1.82) is 0 Å². The Kier molecular flexibility index (Phi) is 4.34. The van der Waals surface area contributed by atoms with E-state index < -0.39 is 0 Å². The Bertz CT molecular complexity index is 450. The first-order valence-corrected chi connectivity index (χ1v) is 6.46. The summed E-state index contributed by atoms with van der Waals surface area (Å²) < 4.78 is 0. The van der Waals surface area contributed by atoms with E-state index in [0.717, 1.165) is 26.1 Å². The van der Waals surface area contributed by atoms with Gasteiger partial charge in [0.1, 0.15) is 0 Å². The number of hydrazine groups is 1. The molecule has 0 radical (unpaired) electrons. The van der Waals surface area contributed by atoms with Crippen molar-refractivity contribution >= 4 is 11.6 Å². The van der Waals surface area contributed by atoms with Gasteiger partial charge in [-0.3, -0.25) is 15.6 Å². The molecule has 6 heteroatoms. The van der Waals surface area contributed by atoms with E-state index in [1.54, 1.807) is 23.4 Å². The van der Waals surface area contributed by atoms with Crippen LogP contribution in [0.25, 0.3) is 0 Å². The lowest BCUT2D eigenvalue weighted by atomic mass is 10.1. The number of nitrogens with one attached hydrogen (secondary N) is 1. The molecule has 1 aliphatic rings. The van der Waals surface area contributed by atoms with E-state index >= 15 is 0 Å². The van der Waals surface area contributed by atoms with Crippen molar-refractivity contribution in [3.05, 3.63) is 24.0 Å². The highest BCUT2D eigenvalue weighted by molar-refractivity contribution is 5.99. The van der Waals surface area contributed by atoms with E-state index in [1.807, 2.05) is 7.05 Å². The molecule has 1 aromatic rings. The molecule has 1 saturated heterocycles. The molecule has 0 spiro atoms.